The molecule has 1 aromatic carbocycles. The first-order valence-electron chi connectivity index (χ1n) is 5.82. The van der Waals surface area contributed by atoms with Crippen molar-refractivity contribution in [2.75, 3.05) is 7.11 Å². The quantitative estimate of drug-likeness (QED) is 0.898. The Morgan fingerprint density at radius 2 is 2.17 bits per heavy atom. The molecule has 0 saturated carbocycles. The summed E-state index contributed by atoms with van der Waals surface area (Å²) >= 11 is 0. The summed E-state index contributed by atoms with van der Waals surface area (Å²) in [4.78, 5) is 15.1. The lowest BCUT2D eigenvalue weighted by atomic mass is 10.1. The summed E-state index contributed by atoms with van der Waals surface area (Å²) in [6.07, 6.45) is 0.860. The molecule has 4 heteroatoms. The summed E-state index contributed by atoms with van der Waals surface area (Å²) in [5.74, 6) is -0.192. The number of pyridine rings is 1. The zero-order valence-electron chi connectivity index (χ0n) is 10.4. The van der Waals surface area contributed by atoms with Gasteiger partial charge in [-0.15, -0.1) is 0 Å². The lowest BCUT2D eigenvalue weighted by Crippen LogP contribution is -2.00. The zero-order valence-corrected chi connectivity index (χ0v) is 10.4. The highest BCUT2D eigenvalue weighted by atomic mass is 16.5. The van der Waals surface area contributed by atoms with E-state index in [1.165, 1.54) is 0 Å². The second-order valence-corrected chi connectivity index (χ2v) is 4.11. The number of aromatic nitrogens is 1. The molecule has 0 saturated heterocycles. The molecule has 0 spiro atoms. The van der Waals surface area contributed by atoms with Crippen LogP contribution in [0.4, 0.5) is 0 Å². The van der Waals surface area contributed by atoms with Crippen LogP contribution >= 0.6 is 0 Å². The van der Waals surface area contributed by atoms with Crippen LogP contribution in [0.15, 0.2) is 24.3 Å². The van der Waals surface area contributed by atoms with Gasteiger partial charge in [0.15, 0.2) is 0 Å². The van der Waals surface area contributed by atoms with Gasteiger partial charge in [-0.25, -0.2) is 4.98 Å². The van der Waals surface area contributed by atoms with Crippen LogP contribution in [0.3, 0.4) is 0 Å². The average molecular weight is 245 g/mol. The van der Waals surface area contributed by atoms with Crippen molar-refractivity contribution in [2.45, 2.75) is 19.8 Å². The predicted molar refractivity (Wildman–Crippen MR) is 69.0 cm³/mol. The lowest BCUT2D eigenvalue weighted by molar-refractivity contribution is -0.136. The molecule has 4 nitrogen and oxygen atoms in total. The number of carboxylic acid groups (broad SMARTS) is 1. The Labute approximate surface area is 105 Å². The number of carbonyl (C=O) groups is 1. The van der Waals surface area contributed by atoms with E-state index in [0.717, 1.165) is 28.5 Å². The molecule has 18 heavy (non-hydrogen) atoms. The molecule has 0 atom stereocenters. The Bertz CT molecular complexity index is 593. The second-order valence-electron chi connectivity index (χ2n) is 4.11. The van der Waals surface area contributed by atoms with Crippen LogP contribution in [0, 0.1) is 0 Å². The third-order valence-electron chi connectivity index (χ3n) is 2.85. The van der Waals surface area contributed by atoms with E-state index in [0.29, 0.717) is 5.88 Å². The van der Waals surface area contributed by atoms with Crippen LogP contribution in [0.1, 0.15) is 18.1 Å². The van der Waals surface area contributed by atoms with Crippen LogP contribution in [0.2, 0.25) is 0 Å². The van der Waals surface area contributed by atoms with Crippen molar-refractivity contribution in [1.82, 2.24) is 4.98 Å². The summed E-state index contributed by atoms with van der Waals surface area (Å²) in [6, 6.07) is 7.49. The maximum atomic E-state index is 10.7. The summed E-state index contributed by atoms with van der Waals surface area (Å²) in [7, 11) is 1.60. The van der Waals surface area contributed by atoms with Crippen molar-refractivity contribution in [3.63, 3.8) is 0 Å². The minimum atomic E-state index is -0.827. The molecular formula is C14H15NO3. The zero-order chi connectivity index (χ0) is 13.1. The fourth-order valence-corrected chi connectivity index (χ4v) is 1.97. The number of nitrogens with zero attached hydrogens (tertiary/aromatic N) is 1. The van der Waals surface area contributed by atoms with Crippen molar-refractivity contribution >= 4 is 16.9 Å². The van der Waals surface area contributed by atoms with Gasteiger partial charge in [0.05, 0.1) is 19.0 Å². The van der Waals surface area contributed by atoms with Crippen molar-refractivity contribution in [3.05, 3.63) is 35.4 Å². The largest absolute Gasteiger partial charge is 0.481 e. The Balaban J connectivity index is 2.52. The number of fused-ring (bicyclic) bond motifs is 1. The van der Waals surface area contributed by atoms with Crippen molar-refractivity contribution in [3.8, 4) is 5.88 Å². The monoisotopic (exact) mass is 245 g/mol. The molecule has 1 heterocycles. The van der Waals surface area contributed by atoms with Crippen LogP contribution in [-0.4, -0.2) is 23.2 Å². The van der Waals surface area contributed by atoms with Gasteiger partial charge in [-0.05, 0) is 30.2 Å². The molecule has 0 radical (unpaired) electrons. The normalized spacial score (nSPS) is 10.6. The first-order chi connectivity index (χ1) is 8.63. The van der Waals surface area contributed by atoms with Crippen LogP contribution in [0.5, 0.6) is 5.88 Å². The molecule has 1 N–H and O–H groups in total. The van der Waals surface area contributed by atoms with E-state index < -0.39 is 5.97 Å². The molecular weight excluding hydrogens is 230 g/mol. The van der Waals surface area contributed by atoms with Crippen molar-refractivity contribution in [2.24, 2.45) is 0 Å². The maximum absolute atomic E-state index is 10.7. The molecule has 0 fully saturated rings. The number of carboxylic acids is 1. The third-order valence-corrected chi connectivity index (χ3v) is 2.85. The Kier molecular flexibility index (Phi) is 3.46. The first kappa shape index (κ1) is 12.4. The van der Waals surface area contributed by atoms with E-state index in [4.69, 9.17) is 9.84 Å². The summed E-state index contributed by atoms with van der Waals surface area (Å²) in [5.41, 5.74) is 2.62. The maximum Gasteiger partial charge on any atom is 0.307 e. The number of ether oxygens (including phenoxy) is 1. The molecule has 1 aromatic heterocycles. The fourth-order valence-electron chi connectivity index (χ4n) is 1.97. The SMILES string of the molecule is CCc1cc2cc(CC(=O)O)ccc2nc1OC. The number of aliphatic carboxylic acids is 1. The minimum absolute atomic E-state index is 0.0312. The highest BCUT2D eigenvalue weighted by Gasteiger charge is 2.07. The Morgan fingerprint density at radius 1 is 1.39 bits per heavy atom. The number of rotatable bonds is 4. The Morgan fingerprint density at radius 3 is 2.78 bits per heavy atom. The van der Waals surface area contributed by atoms with Gasteiger partial charge in [0.1, 0.15) is 0 Å². The minimum Gasteiger partial charge on any atom is -0.481 e. The highest BCUT2D eigenvalue weighted by Crippen LogP contribution is 2.23. The second kappa shape index (κ2) is 5.04. The third kappa shape index (κ3) is 2.42. The smallest absolute Gasteiger partial charge is 0.307 e. The summed E-state index contributed by atoms with van der Waals surface area (Å²) in [6.45, 7) is 2.03. The standard InChI is InChI=1S/C14H15NO3/c1-3-10-8-11-6-9(7-13(16)17)4-5-12(11)15-14(10)18-2/h4-6,8H,3,7H2,1-2H3,(H,16,17). The van der Waals surface area contributed by atoms with E-state index in [1.807, 2.05) is 25.1 Å². The summed E-state index contributed by atoms with van der Waals surface area (Å²) in [5, 5.41) is 9.74. The van der Waals surface area contributed by atoms with Gasteiger partial charge in [0.25, 0.3) is 0 Å². The van der Waals surface area contributed by atoms with Gasteiger partial charge in [0.2, 0.25) is 5.88 Å². The topological polar surface area (TPSA) is 59.4 Å². The van der Waals surface area contributed by atoms with E-state index in [9.17, 15) is 4.79 Å². The lowest BCUT2D eigenvalue weighted by Gasteiger charge is -2.08. The van der Waals surface area contributed by atoms with Crippen molar-refractivity contribution in [1.29, 1.82) is 0 Å². The van der Waals surface area contributed by atoms with Gasteiger partial charge >= 0.3 is 5.97 Å². The first-order valence-corrected chi connectivity index (χ1v) is 5.82. The molecule has 0 bridgehead atoms. The number of hydrogen-bond donors (Lipinski definition) is 1. The van der Waals surface area contributed by atoms with E-state index >= 15 is 0 Å². The van der Waals surface area contributed by atoms with Crippen molar-refractivity contribution < 1.29 is 14.6 Å². The molecule has 0 aliphatic rings. The molecule has 2 rings (SSSR count). The number of hydrogen-bond acceptors (Lipinski definition) is 3. The van der Waals surface area contributed by atoms with Crippen LogP contribution in [-0.2, 0) is 17.6 Å². The molecule has 2 aromatic rings. The molecule has 0 aliphatic carbocycles. The van der Waals surface area contributed by atoms with Gasteiger partial charge in [0, 0.05) is 10.9 Å². The van der Waals surface area contributed by atoms with E-state index in [-0.39, 0.29) is 6.42 Å². The molecule has 94 valence electrons. The van der Waals surface area contributed by atoms with Gasteiger partial charge in [-0.2, -0.15) is 0 Å². The van der Waals surface area contributed by atoms with Gasteiger partial charge < -0.3 is 9.84 Å². The average Bonchev–Trinajstić information content (AvgIpc) is 2.36. The van der Waals surface area contributed by atoms with Gasteiger partial charge in [-0.3, -0.25) is 4.79 Å². The highest BCUT2D eigenvalue weighted by molar-refractivity contribution is 5.82. The van der Waals surface area contributed by atoms with Gasteiger partial charge in [-0.1, -0.05) is 13.0 Å². The van der Waals surface area contributed by atoms with E-state index in [1.54, 1.807) is 13.2 Å². The predicted octanol–water partition coefficient (Wildman–Crippen LogP) is 2.43. The molecule has 0 unspecified atom stereocenters. The molecule has 0 aliphatic heterocycles. The number of benzene rings is 1. The fraction of sp³-hybridized carbons (Fsp3) is 0.286. The number of methoxy groups -OCH3 is 1. The van der Waals surface area contributed by atoms with Crippen LogP contribution in [0.25, 0.3) is 10.9 Å². The summed E-state index contributed by atoms with van der Waals surface area (Å²) < 4.78 is 5.23. The molecule has 0 amide bonds. The number of aryl methyl sites for hydroxylation is 1. The van der Waals surface area contributed by atoms with Crippen LogP contribution < -0.4 is 4.74 Å². The Hall–Kier alpha value is -2.10. The van der Waals surface area contributed by atoms with E-state index in [2.05, 4.69) is 4.98 Å².